The van der Waals surface area contributed by atoms with Gasteiger partial charge in [0.05, 0.1) is 6.04 Å². The van der Waals surface area contributed by atoms with Gasteiger partial charge in [0.2, 0.25) is 11.7 Å². The Morgan fingerprint density at radius 3 is 3.00 bits per heavy atom. The molecule has 0 radical (unpaired) electrons. The molecule has 5 heteroatoms. The van der Waals surface area contributed by atoms with Crippen molar-refractivity contribution in [2.24, 2.45) is 0 Å². The molecule has 0 unspecified atom stereocenters. The SMILES string of the molecule is Cc1ccc(-c2noc([C@H]3CCCCN3)n2)c(Br)c1. The predicted octanol–water partition coefficient (Wildman–Crippen LogP) is 3.62. The van der Waals surface area contributed by atoms with Crippen LogP contribution in [0.5, 0.6) is 0 Å². The van der Waals surface area contributed by atoms with Gasteiger partial charge in [-0.25, -0.2) is 0 Å². The Labute approximate surface area is 120 Å². The summed E-state index contributed by atoms with van der Waals surface area (Å²) in [5.41, 5.74) is 2.17. The predicted molar refractivity (Wildman–Crippen MR) is 76.8 cm³/mol. The van der Waals surface area contributed by atoms with E-state index in [0.717, 1.165) is 23.0 Å². The topological polar surface area (TPSA) is 51.0 Å². The first-order valence-electron chi connectivity index (χ1n) is 6.57. The van der Waals surface area contributed by atoms with E-state index in [9.17, 15) is 0 Å². The zero-order chi connectivity index (χ0) is 13.2. The molecule has 1 aromatic carbocycles. The summed E-state index contributed by atoms with van der Waals surface area (Å²) in [4.78, 5) is 4.52. The van der Waals surface area contributed by atoms with Crippen molar-refractivity contribution >= 4 is 15.9 Å². The van der Waals surface area contributed by atoms with E-state index >= 15 is 0 Å². The largest absolute Gasteiger partial charge is 0.337 e. The third-order valence-corrected chi connectivity index (χ3v) is 4.07. The number of nitrogens with zero attached hydrogens (tertiary/aromatic N) is 2. The Kier molecular flexibility index (Phi) is 3.66. The minimum atomic E-state index is 0.208. The van der Waals surface area contributed by atoms with E-state index in [-0.39, 0.29) is 6.04 Å². The van der Waals surface area contributed by atoms with E-state index in [2.05, 4.69) is 50.4 Å². The average Bonchev–Trinajstić information content (AvgIpc) is 2.89. The zero-order valence-electron chi connectivity index (χ0n) is 10.8. The molecule has 1 aromatic heterocycles. The third kappa shape index (κ3) is 2.72. The molecule has 0 aliphatic carbocycles. The highest BCUT2D eigenvalue weighted by atomic mass is 79.9. The Morgan fingerprint density at radius 1 is 1.37 bits per heavy atom. The van der Waals surface area contributed by atoms with Gasteiger partial charge in [-0.1, -0.05) is 33.6 Å². The number of rotatable bonds is 2. The first kappa shape index (κ1) is 12.8. The number of nitrogens with one attached hydrogen (secondary N) is 1. The molecule has 4 nitrogen and oxygen atoms in total. The molecule has 0 spiro atoms. The molecule has 1 atom stereocenters. The highest BCUT2D eigenvalue weighted by Gasteiger charge is 2.21. The fourth-order valence-corrected chi connectivity index (χ4v) is 3.02. The maximum absolute atomic E-state index is 5.40. The van der Waals surface area contributed by atoms with Crippen molar-refractivity contribution < 1.29 is 4.52 Å². The Bertz CT molecular complexity index is 576. The van der Waals surface area contributed by atoms with Gasteiger partial charge in [-0.15, -0.1) is 0 Å². The monoisotopic (exact) mass is 321 g/mol. The minimum Gasteiger partial charge on any atom is -0.337 e. The van der Waals surface area contributed by atoms with Gasteiger partial charge in [0.15, 0.2) is 0 Å². The minimum absolute atomic E-state index is 0.208. The number of halogens is 1. The highest BCUT2D eigenvalue weighted by Crippen LogP contribution is 2.29. The van der Waals surface area contributed by atoms with Crippen molar-refractivity contribution in [2.75, 3.05) is 6.54 Å². The maximum atomic E-state index is 5.40. The van der Waals surface area contributed by atoms with Crippen LogP contribution in [0.15, 0.2) is 27.2 Å². The van der Waals surface area contributed by atoms with Gasteiger partial charge in [0.25, 0.3) is 0 Å². The molecular formula is C14H16BrN3O. The molecule has 0 amide bonds. The first-order chi connectivity index (χ1) is 9.24. The standard InChI is InChI=1S/C14H16BrN3O/c1-9-5-6-10(11(15)8-9)13-17-14(19-18-13)12-4-2-3-7-16-12/h5-6,8,12,16H,2-4,7H2,1H3/t12-/m1/s1. The fraction of sp³-hybridized carbons (Fsp3) is 0.429. The molecule has 1 fully saturated rings. The van der Waals surface area contributed by atoms with E-state index in [0.29, 0.717) is 11.7 Å². The molecular weight excluding hydrogens is 306 g/mol. The van der Waals surface area contributed by atoms with E-state index < -0.39 is 0 Å². The molecule has 0 saturated carbocycles. The van der Waals surface area contributed by atoms with E-state index in [4.69, 9.17) is 4.52 Å². The number of benzene rings is 1. The van der Waals surface area contributed by atoms with Gasteiger partial charge in [0.1, 0.15) is 0 Å². The molecule has 0 bridgehead atoms. The van der Waals surface area contributed by atoms with Crippen molar-refractivity contribution in [1.82, 2.24) is 15.5 Å². The summed E-state index contributed by atoms with van der Waals surface area (Å²) in [6, 6.07) is 6.33. The van der Waals surface area contributed by atoms with Gasteiger partial charge < -0.3 is 9.84 Å². The second-order valence-electron chi connectivity index (χ2n) is 4.94. The van der Waals surface area contributed by atoms with Crippen LogP contribution in [0.3, 0.4) is 0 Å². The molecule has 3 rings (SSSR count). The third-order valence-electron chi connectivity index (χ3n) is 3.42. The van der Waals surface area contributed by atoms with E-state index in [1.54, 1.807) is 0 Å². The summed E-state index contributed by atoms with van der Waals surface area (Å²) in [6.45, 7) is 3.08. The second-order valence-corrected chi connectivity index (χ2v) is 5.80. The van der Waals surface area contributed by atoms with Crippen molar-refractivity contribution in [3.8, 4) is 11.4 Å². The lowest BCUT2D eigenvalue weighted by Crippen LogP contribution is -2.26. The Morgan fingerprint density at radius 2 is 2.26 bits per heavy atom. The lowest BCUT2D eigenvalue weighted by Gasteiger charge is -2.19. The molecule has 1 aliphatic rings. The summed E-state index contributed by atoms with van der Waals surface area (Å²) in [5.74, 6) is 1.34. The summed E-state index contributed by atoms with van der Waals surface area (Å²) >= 11 is 3.55. The zero-order valence-corrected chi connectivity index (χ0v) is 12.4. The van der Waals surface area contributed by atoms with Crippen LogP contribution in [-0.2, 0) is 0 Å². The van der Waals surface area contributed by atoms with Crippen molar-refractivity contribution in [3.63, 3.8) is 0 Å². The van der Waals surface area contributed by atoms with Crippen LogP contribution in [0.1, 0.15) is 36.8 Å². The number of hydrogen-bond donors (Lipinski definition) is 1. The van der Waals surface area contributed by atoms with Crippen LogP contribution in [0.4, 0.5) is 0 Å². The van der Waals surface area contributed by atoms with Gasteiger partial charge >= 0.3 is 0 Å². The summed E-state index contributed by atoms with van der Waals surface area (Å²) in [5, 5.41) is 7.51. The van der Waals surface area contributed by atoms with Crippen molar-refractivity contribution in [1.29, 1.82) is 0 Å². The lowest BCUT2D eigenvalue weighted by atomic mass is 10.1. The molecule has 1 saturated heterocycles. The Hall–Kier alpha value is -1.20. The Balaban J connectivity index is 1.87. The van der Waals surface area contributed by atoms with Gasteiger partial charge in [-0.05, 0) is 44.0 Å². The molecule has 2 heterocycles. The van der Waals surface area contributed by atoms with Gasteiger partial charge in [0, 0.05) is 10.0 Å². The fourth-order valence-electron chi connectivity index (χ4n) is 2.35. The van der Waals surface area contributed by atoms with E-state index in [1.807, 2.05) is 6.07 Å². The van der Waals surface area contributed by atoms with Crippen LogP contribution in [0.25, 0.3) is 11.4 Å². The molecule has 100 valence electrons. The number of aromatic nitrogens is 2. The van der Waals surface area contributed by atoms with Crippen molar-refractivity contribution in [2.45, 2.75) is 32.2 Å². The summed E-state index contributed by atoms with van der Waals surface area (Å²) in [6.07, 6.45) is 3.50. The molecule has 1 N–H and O–H groups in total. The van der Waals surface area contributed by atoms with E-state index in [1.165, 1.54) is 18.4 Å². The smallest absolute Gasteiger partial charge is 0.244 e. The average molecular weight is 322 g/mol. The molecule has 2 aromatic rings. The molecule has 1 aliphatic heterocycles. The highest BCUT2D eigenvalue weighted by molar-refractivity contribution is 9.10. The summed E-state index contributed by atoms with van der Waals surface area (Å²) in [7, 11) is 0. The van der Waals surface area contributed by atoms with Crippen LogP contribution in [0, 0.1) is 6.92 Å². The number of hydrogen-bond acceptors (Lipinski definition) is 4. The van der Waals surface area contributed by atoms with Gasteiger partial charge in [-0.3, -0.25) is 0 Å². The van der Waals surface area contributed by atoms with Crippen molar-refractivity contribution in [3.05, 3.63) is 34.1 Å². The van der Waals surface area contributed by atoms with Crippen LogP contribution < -0.4 is 5.32 Å². The van der Waals surface area contributed by atoms with Gasteiger partial charge in [-0.2, -0.15) is 4.98 Å². The second kappa shape index (κ2) is 5.43. The summed E-state index contributed by atoms with van der Waals surface area (Å²) < 4.78 is 6.40. The normalized spacial score (nSPS) is 19.6. The first-order valence-corrected chi connectivity index (χ1v) is 7.37. The number of aryl methyl sites for hydroxylation is 1. The quantitative estimate of drug-likeness (QED) is 0.917. The van der Waals surface area contributed by atoms with Crippen LogP contribution in [0.2, 0.25) is 0 Å². The van der Waals surface area contributed by atoms with Crippen LogP contribution in [-0.4, -0.2) is 16.7 Å². The maximum Gasteiger partial charge on any atom is 0.244 e. The van der Waals surface area contributed by atoms with Crippen LogP contribution >= 0.6 is 15.9 Å². The molecule has 19 heavy (non-hydrogen) atoms. The lowest BCUT2D eigenvalue weighted by molar-refractivity contribution is 0.297. The number of piperidine rings is 1.